The summed E-state index contributed by atoms with van der Waals surface area (Å²) in [6.07, 6.45) is 8.49. The normalized spacial score (nSPS) is 12.3. The number of allylic oxidation sites excluding steroid dienone is 2. The number of likely N-dealkylation sites (N-methyl/N-ethyl adjacent to an activating group) is 1. The average molecular weight is 424 g/mol. The van der Waals surface area contributed by atoms with Crippen molar-refractivity contribution in [2.24, 2.45) is 0 Å². The Morgan fingerprint density at radius 1 is 1.23 bits per heavy atom. The summed E-state index contributed by atoms with van der Waals surface area (Å²) in [5.74, 6) is 1.52. The summed E-state index contributed by atoms with van der Waals surface area (Å²) in [6.45, 7) is 17.9. The van der Waals surface area contributed by atoms with Gasteiger partial charge in [0.1, 0.15) is 23.5 Å². The Kier molecular flexibility index (Phi) is 9.80. The third-order valence-corrected chi connectivity index (χ3v) is 5.53. The number of benzene rings is 1. The van der Waals surface area contributed by atoms with Gasteiger partial charge in [-0.15, -0.1) is 0 Å². The van der Waals surface area contributed by atoms with Gasteiger partial charge in [0.25, 0.3) is 0 Å². The number of carbonyl (C=O) groups is 1. The molecule has 4 heteroatoms. The van der Waals surface area contributed by atoms with Crippen LogP contribution >= 0.6 is 0 Å². The van der Waals surface area contributed by atoms with Gasteiger partial charge in [-0.25, -0.2) is 0 Å². The Labute approximate surface area is 186 Å². The quantitative estimate of drug-likeness (QED) is 0.466. The first kappa shape index (κ1) is 24.7. The summed E-state index contributed by atoms with van der Waals surface area (Å²) >= 11 is 0. The third kappa shape index (κ3) is 6.44. The number of ether oxygens (including phenoxy) is 1. The van der Waals surface area contributed by atoms with E-state index in [1.165, 1.54) is 0 Å². The number of unbranched alkanes of at least 4 members (excludes halogenated alkanes) is 1. The predicted molar refractivity (Wildman–Crippen MR) is 129 cm³/mol. The number of nitrogens with zero attached hydrogens (tertiary/aromatic N) is 1. The van der Waals surface area contributed by atoms with Gasteiger partial charge >= 0.3 is 0 Å². The molecule has 0 saturated carbocycles. The van der Waals surface area contributed by atoms with Gasteiger partial charge in [0.15, 0.2) is 5.78 Å². The highest BCUT2D eigenvalue weighted by atomic mass is 16.5. The lowest BCUT2D eigenvalue weighted by atomic mass is 9.98. The Morgan fingerprint density at radius 3 is 2.58 bits per heavy atom. The van der Waals surface area contributed by atoms with Gasteiger partial charge in [0.2, 0.25) is 0 Å². The zero-order valence-corrected chi connectivity index (χ0v) is 19.8. The van der Waals surface area contributed by atoms with E-state index < -0.39 is 0 Å². The molecular formula is C27H37NO3. The monoisotopic (exact) mass is 423 g/mol. The smallest absolute Gasteiger partial charge is 0.197 e. The van der Waals surface area contributed by atoms with Crippen LogP contribution in [-0.2, 0) is 6.42 Å². The van der Waals surface area contributed by atoms with Crippen LogP contribution in [0.1, 0.15) is 67.8 Å². The lowest BCUT2D eigenvalue weighted by Gasteiger charge is -2.18. The molecule has 0 aliphatic carbocycles. The molecule has 1 aromatic carbocycles. The maximum atomic E-state index is 13.5. The van der Waals surface area contributed by atoms with Crippen molar-refractivity contribution >= 4 is 18.4 Å². The van der Waals surface area contributed by atoms with Crippen molar-refractivity contribution in [1.29, 1.82) is 0 Å². The maximum Gasteiger partial charge on any atom is 0.197 e. The minimum Gasteiger partial charge on any atom is -0.492 e. The number of hydrogen-bond donors (Lipinski definition) is 0. The molecule has 31 heavy (non-hydrogen) atoms. The van der Waals surface area contributed by atoms with E-state index in [1.807, 2.05) is 50.3 Å². The Bertz CT molecular complexity index is 996. The first-order valence-electron chi connectivity index (χ1n) is 11.4. The zero-order valence-electron chi connectivity index (χ0n) is 19.8. The van der Waals surface area contributed by atoms with Crippen LogP contribution in [0.25, 0.3) is 12.7 Å². The molecule has 2 aromatic rings. The van der Waals surface area contributed by atoms with Gasteiger partial charge < -0.3 is 14.1 Å². The van der Waals surface area contributed by atoms with Gasteiger partial charge in [-0.1, -0.05) is 52.0 Å². The lowest BCUT2D eigenvalue weighted by molar-refractivity contribution is 0.103. The highest BCUT2D eigenvalue weighted by molar-refractivity contribution is 6.10. The highest BCUT2D eigenvalue weighted by Crippen LogP contribution is 2.22. The molecule has 0 atom stereocenters. The summed E-state index contributed by atoms with van der Waals surface area (Å²) in [5, 5.41) is 0.770. The number of ketones is 1. The van der Waals surface area contributed by atoms with E-state index in [-0.39, 0.29) is 5.78 Å². The molecule has 0 spiro atoms. The summed E-state index contributed by atoms with van der Waals surface area (Å²) in [4.78, 5) is 15.8. The van der Waals surface area contributed by atoms with Gasteiger partial charge in [-0.2, -0.15) is 0 Å². The molecule has 0 saturated heterocycles. The van der Waals surface area contributed by atoms with E-state index in [0.29, 0.717) is 23.1 Å². The number of aryl methyl sites for hydroxylation is 2. The fourth-order valence-corrected chi connectivity index (χ4v) is 3.60. The van der Waals surface area contributed by atoms with Crippen LogP contribution in [0.5, 0.6) is 5.75 Å². The van der Waals surface area contributed by atoms with Gasteiger partial charge in [-0.05, 0) is 57.1 Å². The molecule has 0 fully saturated rings. The van der Waals surface area contributed by atoms with Crippen LogP contribution < -0.4 is 15.4 Å². The van der Waals surface area contributed by atoms with Gasteiger partial charge in [-0.3, -0.25) is 4.79 Å². The number of carbonyl (C=O) groups excluding carboxylic acids is 1. The molecule has 0 N–H and O–H groups in total. The summed E-state index contributed by atoms with van der Waals surface area (Å²) in [5.41, 5.74) is 2.77. The first-order valence-corrected chi connectivity index (χ1v) is 11.4. The molecule has 2 rings (SSSR count). The Morgan fingerprint density at radius 2 is 1.97 bits per heavy atom. The molecule has 0 amide bonds. The van der Waals surface area contributed by atoms with Crippen LogP contribution in [0.15, 0.2) is 34.8 Å². The van der Waals surface area contributed by atoms with Crippen LogP contribution in [-0.4, -0.2) is 36.9 Å². The van der Waals surface area contributed by atoms with Crippen LogP contribution in [0, 0.1) is 6.92 Å². The second-order valence-electron chi connectivity index (χ2n) is 7.72. The number of rotatable bonds is 12. The zero-order chi connectivity index (χ0) is 22.8. The molecule has 168 valence electrons. The molecule has 1 heterocycles. The lowest BCUT2D eigenvalue weighted by Crippen LogP contribution is -2.28. The predicted octanol–water partition coefficient (Wildman–Crippen LogP) is 4.65. The minimum atomic E-state index is -0.0294. The second kappa shape index (κ2) is 12.3. The molecular weight excluding hydrogens is 386 g/mol. The van der Waals surface area contributed by atoms with E-state index in [2.05, 4.69) is 32.3 Å². The SMILES string of the molecule is C=c1oc(CCCC)c(C(=O)c2ccc(OCCN(CC)CC)c(C)c2)/c1=C/C=C\C. The third-order valence-electron chi connectivity index (χ3n) is 5.53. The van der Waals surface area contributed by atoms with Gasteiger partial charge in [0.05, 0.1) is 5.56 Å². The van der Waals surface area contributed by atoms with Crippen LogP contribution in [0.4, 0.5) is 0 Å². The first-order chi connectivity index (χ1) is 15.0. The van der Waals surface area contributed by atoms with Crippen molar-refractivity contribution in [1.82, 2.24) is 4.90 Å². The fourth-order valence-electron chi connectivity index (χ4n) is 3.60. The van der Waals surface area contributed by atoms with Crippen LogP contribution in [0.2, 0.25) is 0 Å². The van der Waals surface area contributed by atoms with Crippen molar-refractivity contribution < 1.29 is 13.9 Å². The highest BCUT2D eigenvalue weighted by Gasteiger charge is 2.20. The molecule has 0 aliphatic rings. The van der Waals surface area contributed by atoms with Crippen molar-refractivity contribution in [2.45, 2.75) is 53.9 Å². The fraction of sp³-hybridized carbons (Fsp3) is 0.444. The Hall–Kier alpha value is -2.59. The minimum absolute atomic E-state index is 0.0294. The average Bonchev–Trinajstić information content (AvgIpc) is 3.09. The van der Waals surface area contributed by atoms with Crippen molar-refractivity contribution in [3.63, 3.8) is 0 Å². The summed E-state index contributed by atoms with van der Waals surface area (Å²) in [7, 11) is 0. The molecule has 1 aromatic heterocycles. The number of hydrogen-bond acceptors (Lipinski definition) is 4. The summed E-state index contributed by atoms with van der Waals surface area (Å²) < 4.78 is 11.9. The van der Waals surface area contributed by atoms with E-state index in [0.717, 1.165) is 61.2 Å². The topological polar surface area (TPSA) is 42.7 Å². The van der Waals surface area contributed by atoms with E-state index in [4.69, 9.17) is 9.15 Å². The summed E-state index contributed by atoms with van der Waals surface area (Å²) in [6, 6.07) is 5.66. The van der Waals surface area contributed by atoms with Crippen molar-refractivity contribution in [3.8, 4) is 5.75 Å². The molecule has 0 unspecified atom stereocenters. The molecule has 4 nitrogen and oxygen atoms in total. The van der Waals surface area contributed by atoms with Crippen LogP contribution in [0.3, 0.4) is 0 Å². The molecule has 0 radical (unpaired) electrons. The van der Waals surface area contributed by atoms with E-state index in [1.54, 1.807) is 0 Å². The van der Waals surface area contributed by atoms with E-state index >= 15 is 0 Å². The number of furan rings is 1. The second-order valence-corrected chi connectivity index (χ2v) is 7.72. The molecule has 0 bridgehead atoms. The maximum absolute atomic E-state index is 13.5. The largest absolute Gasteiger partial charge is 0.492 e. The van der Waals surface area contributed by atoms with Crippen molar-refractivity contribution in [3.05, 3.63) is 63.4 Å². The van der Waals surface area contributed by atoms with Crippen molar-refractivity contribution in [2.75, 3.05) is 26.2 Å². The standard InChI is InChI=1S/C27H37NO3/c1-7-11-13-23-21(6)31-25(14-12-8-2)26(23)27(29)22-15-16-24(20(5)19-22)30-18-17-28(9-3)10-4/h7,11,13,15-16,19H,6,8-10,12,14,17-18H2,1-5H3/b11-7-,23-13+. The molecule has 0 aliphatic heterocycles. The Balaban J connectivity index is 2.32. The van der Waals surface area contributed by atoms with E-state index in [9.17, 15) is 4.79 Å². The van der Waals surface area contributed by atoms with Gasteiger partial charge in [0, 0.05) is 23.7 Å².